The molecule has 0 radical (unpaired) electrons. The van der Waals surface area contributed by atoms with E-state index in [0.717, 1.165) is 15.4 Å². The van der Waals surface area contributed by atoms with Crippen molar-refractivity contribution in [1.29, 1.82) is 0 Å². The molecule has 0 aromatic heterocycles. The predicted molar refractivity (Wildman–Crippen MR) is 64.7 cm³/mol. The molecule has 0 amide bonds. The first-order valence-corrected chi connectivity index (χ1v) is 7.03. The fraction of sp³-hybridized carbons (Fsp3) is 0.500. The van der Waals surface area contributed by atoms with Crippen molar-refractivity contribution in [2.75, 3.05) is 6.54 Å². The van der Waals surface area contributed by atoms with Crippen LogP contribution in [0.2, 0.25) is 0 Å². The molecule has 0 N–H and O–H groups in total. The Morgan fingerprint density at radius 2 is 2.00 bits per heavy atom. The lowest BCUT2D eigenvalue weighted by Gasteiger charge is -2.25. The highest BCUT2D eigenvalue weighted by Crippen LogP contribution is 2.25. The number of nitrogens with zero attached hydrogens (tertiary/aromatic N) is 1. The molecule has 17 heavy (non-hydrogen) atoms. The average molecular weight is 257 g/mol. The van der Waals surface area contributed by atoms with Crippen LogP contribution in [0.4, 0.5) is 3.89 Å². The number of fused-ring (bicyclic) bond motifs is 1. The molecule has 2 rings (SSSR count). The second kappa shape index (κ2) is 4.38. The molecule has 1 heterocycles. The highest BCUT2D eigenvalue weighted by atomic mass is 32.3. The van der Waals surface area contributed by atoms with Crippen LogP contribution in [0.25, 0.3) is 0 Å². The molecule has 5 heteroatoms. The first-order chi connectivity index (χ1) is 7.88. The Kier molecular flexibility index (Phi) is 3.23. The highest BCUT2D eigenvalue weighted by molar-refractivity contribution is 7.83. The predicted octanol–water partition coefficient (Wildman–Crippen LogP) is 2.38. The van der Waals surface area contributed by atoms with Gasteiger partial charge in [-0.1, -0.05) is 35.9 Å². The summed E-state index contributed by atoms with van der Waals surface area (Å²) in [6.07, 6.45) is 0.582. The van der Waals surface area contributed by atoms with Gasteiger partial charge in [0.15, 0.2) is 0 Å². The van der Waals surface area contributed by atoms with Crippen LogP contribution >= 0.6 is 0 Å². The zero-order valence-corrected chi connectivity index (χ0v) is 10.8. The van der Waals surface area contributed by atoms with Crippen molar-refractivity contribution in [3.8, 4) is 0 Å². The summed E-state index contributed by atoms with van der Waals surface area (Å²) >= 11 is 0. The van der Waals surface area contributed by atoms with E-state index in [-0.39, 0.29) is 13.1 Å². The maximum absolute atomic E-state index is 12.9. The first-order valence-electron chi connectivity index (χ1n) is 5.69. The van der Waals surface area contributed by atoms with Crippen LogP contribution in [0.1, 0.15) is 36.5 Å². The monoisotopic (exact) mass is 257 g/mol. The number of hydrogen-bond acceptors (Lipinski definition) is 2. The lowest BCUT2D eigenvalue weighted by molar-refractivity contribution is 0.366. The number of halogens is 1. The van der Waals surface area contributed by atoms with Gasteiger partial charge in [0.2, 0.25) is 0 Å². The van der Waals surface area contributed by atoms with Crippen LogP contribution in [-0.4, -0.2) is 19.3 Å². The molecule has 0 bridgehead atoms. The molecule has 1 aliphatic rings. The van der Waals surface area contributed by atoms with Gasteiger partial charge in [0.25, 0.3) is 0 Å². The zero-order valence-electron chi connectivity index (χ0n) is 9.98. The minimum atomic E-state index is -4.56. The largest absolute Gasteiger partial charge is 0.375 e. The topological polar surface area (TPSA) is 37.4 Å². The standard InChI is InChI=1S/C12H16FNO2S/c1-9(2)10-3-4-12-8-14(17(13,15)16)6-5-11(12)7-10/h3-4,7,9H,5-6,8H2,1-2H3. The van der Waals surface area contributed by atoms with E-state index in [9.17, 15) is 12.3 Å². The third kappa shape index (κ3) is 2.66. The van der Waals surface area contributed by atoms with Crippen LogP contribution in [0, 0.1) is 0 Å². The van der Waals surface area contributed by atoms with Crippen LogP contribution in [0.15, 0.2) is 18.2 Å². The Hall–Kier alpha value is -0.940. The van der Waals surface area contributed by atoms with Gasteiger partial charge >= 0.3 is 10.4 Å². The maximum Gasteiger partial charge on any atom is 0.375 e. The molecule has 1 aliphatic heterocycles. The molecule has 0 fully saturated rings. The normalized spacial score (nSPS) is 17.2. The Morgan fingerprint density at radius 1 is 1.29 bits per heavy atom. The van der Waals surface area contributed by atoms with Gasteiger partial charge in [-0.15, -0.1) is 0 Å². The van der Waals surface area contributed by atoms with Gasteiger partial charge in [-0.2, -0.15) is 12.7 Å². The van der Waals surface area contributed by atoms with E-state index in [1.54, 1.807) is 0 Å². The lowest BCUT2D eigenvalue weighted by Crippen LogP contribution is -2.33. The van der Waals surface area contributed by atoms with Crippen molar-refractivity contribution in [3.05, 3.63) is 34.9 Å². The molecular weight excluding hydrogens is 241 g/mol. The SMILES string of the molecule is CC(C)c1ccc2c(c1)CCN(S(=O)(=O)F)C2. The number of benzene rings is 1. The summed E-state index contributed by atoms with van der Waals surface area (Å²) in [6.45, 7) is 4.60. The molecular formula is C12H16FNO2S. The first kappa shape index (κ1) is 12.5. The minimum absolute atomic E-state index is 0.145. The summed E-state index contributed by atoms with van der Waals surface area (Å²) in [7, 11) is -4.56. The van der Waals surface area contributed by atoms with Gasteiger partial charge in [0.1, 0.15) is 0 Å². The molecule has 1 aromatic carbocycles. The van der Waals surface area contributed by atoms with Crippen molar-refractivity contribution in [2.45, 2.75) is 32.7 Å². The number of hydrogen-bond donors (Lipinski definition) is 0. The van der Waals surface area contributed by atoms with Crippen LogP contribution in [0.5, 0.6) is 0 Å². The smallest absolute Gasteiger partial charge is 0.177 e. The quantitative estimate of drug-likeness (QED) is 0.763. The van der Waals surface area contributed by atoms with E-state index in [1.807, 2.05) is 12.1 Å². The second-order valence-corrected chi connectivity index (χ2v) is 6.05. The van der Waals surface area contributed by atoms with Gasteiger partial charge in [0, 0.05) is 13.1 Å². The summed E-state index contributed by atoms with van der Waals surface area (Å²) in [5, 5.41) is 0. The summed E-state index contributed by atoms with van der Waals surface area (Å²) in [5.74, 6) is 0.447. The van der Waals surface area contributed by atoms with Gasteiger partial charge in [-0.3, -0.25) is 0 Å². The fourth-order valence-electron chi connectivity index (χ4n) is 2.09. The summed E-state index contributed by atoms with van der Waals surface area (Å²) in [4.78, 5) is 0. The third-order valence-electron chi connectivity index (χ3n) is 3.18. The van der Waals surface area contributed by atoms with Crippen molar-refractivity contribution in [2.24, 2.45) is 0 Å². The molecule has 0 aliphatic carbocycles. The molecule has 0 saturated heterocycles. The van der Waals surface area contributed by atoms with E-state index >= 15 is 0 Å². The van der Waals surface area contributed by atoms with Crippen molar-refractivity contribution in [3.63, 3.8) is 0 Å². The van der Waals surface area contributed by atoms with Crippen molar-refractivity contribution >= 4 is 10.4 Å². The van der Waals surface area contributed by atoms with E-state index in [4.69, 9.17) is 0 Å². The summed E-state index contributed by atoms with van der Waals surface area (Å²) in [5.41, 5.74) is 3.28. The zero-order chi connectivity index (χ0) is 12.6. The minimum Gasteiger partial charge on any atom is -0.177 e. The Balaban J connectivity index is 2.29. The molecule has 3 nitrogen and oxygen atoms in total. The van der Waals surface area contributed by atoms with E-state index in [0.29, 0.717) is 12.3 Å². The second-order valence-electron chi connectivity index (χ2n) is 4.71. The Labute approximate surface area is 102 Å². The third-order valence-corrected chi connectivity index (χ3v) is 4.11. The van der Waals surface area contributed by atoms with E-state index in [1.165, 1.54) is 5.56 Å². The summed E-state index contributed by atoms with van der Waals surface area (Å²) < 4.78 is 35.4. The molecule has 94 valence electrons. The molecule has 1 aromatic rings. The van der Waals surface area contributed by atoms with Crippen LogP contribution < -0.4 is 0 Å². The lowest BCUT2D eigenvalue weighted by atomic mass is 9.94. The van der Waals surface area contributed by atoms with Gasteiger partial charge in [-0.05, 0) is 29.0 Å². The van der Waals surface area contributed by atoms with E-state index < -0.39 is 10.4 Å². The Bertz CT molecular complexity index is 525. The van der Waals surface area contributed by atoms with Gasteiger partial charge in [-0.25, -0.2) is 0 Å². The van der Waals surface area contributed by atoms with Crippen LogP contribution in [-0.2, 0) is 23.4 Å². The maximum atomic E-state index is 12.9. The van der Waals surface area contributed by atoms with Crippen molar-refractivity contribution in [1.82, 2.24) is 4.31 Å². The molecule has 0 atom stereocenters. The number of rotatable bonds is 2. The average Bonchev–Trinajstić information content (AvgIpc) is 2.26. The summed E-state index contributed by atoms with van der Waals surface area (Å²) in [6, 6.07) is 5.99. The fourth-order valence-corrected chi connectivity index (χ4v) is 2.69. The molecule has 0 saturated carbocycles. The van der Waals surface area contributed by atoms with Crippen LogP contribution in [0.3, 0.4) is 0 Å². The molecule has 0 spiro atoms. The Morgan fingerprint density at radius 3 is 2.59 bits per heavy atom. The van der Waals surface area contributed by atoms with Gasteiger partial charge in [0.05, 0.1) is 0 Å². The molecule has 0 unspecified atom stereocenters. The highest BCUT2D eigenvalue weighted by Gasteiger charge is 2.26. The van der Waals surface area contributed by atoms with Gasteiger partial charge < -0.3 is 0 Å². The van der Waals surface area contributed by atoms with Crippen molar-refractivity contribution < 1.29 is 12.3 Å². The van der Waals surface area contributed by atoms with E-state index in [2.05, 4.69) is 19.9 Å².